The molecule has 0 aromatic heterocycles. The molecule has 0 heterocycles. The lowest BCUT2D eigenvalue weighted by atomic mass is 10.0. The minimum Gasteiger partial charge on any atom is -0.478 e. The number of benzene rings is 2. The van der Waals surface area contributed by atoms with E-state index in [9.17, 15) is 4.79 Å². The van der Waals surface area contributed by atoms with Gasteiger partial charge in [-0.1, -0.05) is 30.3 Å². The molecule has 70 valence electrons. The zero-order valence-corrected chi connectivity index (χ0v) is 7.82. The van der Waals surface area contributed by atoms with Crippen LogP contribution in [0.4, 0.5) is 0 Å². The molecule has 0 spiro atoms. The van der Waals surface area contributed by atoms with Crippen molar-refractivity contribution >= 4 is 16.7 Å². The Morgan fingerprint density at radius 1 is 1.14 bits per heavy atom. The van der Waals surface area contributed by atoms with E-state index in [1.807, 2.05) is 31.2 Å². The molecular formula is C12H10O2. The number of fused-ring (bicyclic) bond motifs is 1. The molecule has 0 aliphatic rings. The van der Waals surface area contributed by atoms with Crippen LogP contribution in [-0.2, 0) is 0 Å². The molecule has 0 saturated carbocycles. The van der Waals surface area contributed by atoms with Gasteiger partial charge in [-0.15, -0.1) is 0 Å². The number of carboxylic acids is 1. The van der Waals surface area contributed by atoms with Gasteiger partial charge in [-0.05, 0) is 29.3 Å². The molecule has 2 nitrogen and oxygen atoms in total. The Morgan fingerprint density at radius 3 is 2.43 bits per heavy atom. The van der Waals surface area contributed by atoms with Gasteiger partial charge in [-0.25, -0.2) is 4.79 Å². The van der Waals surface area contributed by atoms with Crippen LogP contribution >= 0.6 is 0 Å². The Hall–Kier alpha value is -1.83. The summed E-state index contributed by atoms with van der Waals surface area (Å²) in [6.45, 7) is 1.93. The Morgan fingerprint density at radius 2 is 1.79 bits per heavy atom. The molecule has 2 aromatic carbocycles. The normalized spacial score (nSPS) is 10.4. The number of aromatic carboxylic acids is 1. The third kappa shape index (κ3) is 1.25. The van der Waals surface area contributed by atoms with Gasteiger partial charge in [0.15, 0.2) is 0 Å². The van der Waals surface area contributed by atoms with Crippen LogP contribution in [0.15, 0.2) is 36.4 Å². The van der Waals surface area contributed by atoms with Crippen molar-refractivity contribution in [1.82, 2.24) is 0 Å². The lowest BCUT2D eigenvalue weighted by molar-refractivity contribution is 0.0699. The minimum atomic E-state index is -0.870. The lowest BCUT2D eigenvalue weighted by Gasteiger charge is -2.04. The maximum atomic E-state index is 11.0. The van der Waals surface area contributed by atoms with Gasteiger partial charge in [-0.3, -0.25) is 0 Å². The van der Waals surface area contributed by atoms with Crippen molar-refractivity contribution in [2.75, 3.05) is 0 Å². The number of rotatable bonds is 1. The molecule has 1 N–H and O–H groups in total. The second-order valence-corrected chi connectivity index (χ2v) is 3.28. The van der Waals surface area contributed by atoms with E-state index in [1.165, 1.54) is 0 Å². The fraction of sp³-hybridized carbons (Fsp3) is 0.0833. The SMILES string of the molecule is Cc1cccc2cccc(C(=O)O)c12. The summed E-state index contributed by atoms with van der Waals surface area (Å²) in [5.41, 5.74) is 1.38. The van der Waals surface area contributed by atoms with Gasteiger partial charge >= 0.3 is 5.97 Å². The topological polar surface area (TPSA) is 37.3 Å². The average Bonchev–Trinajstić information content (AvgIpc) is 2.17. The number of aryl methyl sites for hydroxylation is 1. The van der Waals surface area contributed by atoms with Gasteiger partial charge in [0.05, 0.1) is 5.56 Å². The summed E-state index contributed by atoms with van der Waals surface area (Å²) in [7, 11) is 0. The Balaban J connectivity index is 2.91. The molecule has 0 aliphatic carbocycles. The van der Waals surface area contributed by atoms with Crippen molar-refractivity contribution in [3.63, 3.8) is 0 Å². The smallest absolute Gasteiger partial charge is 0.336 e. The first-order chi connectivity index (χ1) is 6.70. The number of carboxylic acid groups (broad SMARTS) is 1. The highest BCUT2D eigenvalue weighted by Gasteiger charge is 2.08. The number of hydrogen-bond donors (Lipinski definition) is 1. The summed E-state index contributed by atoms with van der Waals surface area (Å²) in [6, 6.07) is 11.1. The molecule has 14 heavy (non-hydrogen) atoms. The lowest BCUT2D eigenvalue weighted by Crippen LogP contribution is -1.98. The van der Waals surface area contributed by atoms with E-state index < -0.39 is 5.97 Å². The van der Waals surface area contributed by atoms with E-state index in [-0.39, 0.29) is 0 Å². The molecule has 0 atom stereocenters. The molecule has 0 radical (unpaired) electrons. The van der Waals surface area contributed by atoms with Crippen LogP contribution in [0, 0.1) is 6.92 Å². The van der Waals surface area contributed by atoms with E-state index in [2.05, 4.69) is 0 Å². The summed E-state index contributed by atoms with van der Waals surface area (Å²) in [6.07, 6.45) is 0. The second kappa shape index (κ2) is 3.14. The second-order valence-electron chi connectivity index (χ2n) is 3.28. The van der Waals surface area contributed by atoms with Crippen LogP contribution in [-0.4, -0.2) is 11.1 Å². The number of hydrogen-bond acceptors (Lipinski definition) is 1. The van der Waals surface area contributed by atoms with Crippen molar-refractivity contribution in [3.8, 4) is 0 Å². The monoisotopic (exact) mass is 186 g/mol. The molecule has 2 aromatic rings. The Bertz CT molecular complexity index is 495. The maximum absolute atomic E-state index is 11.0. The van der Waals surface area contributed by atoms with Crippen LogP contribution in [0.1, 0.15) is 15.9 Å². The van der Waals surface area contributed by atoms with E-state index in [0.717, 1.165) is 16.3 Å². The quantitative estimate of drug-likeness (QED) is 0.743. The molecular weight excluding hydrogens is 176 g/mol. The molecule has 2 heteroatoms. The summed E-state index contributed by atoms with van der Waals surface area (Å²) in [4.78, 5) is 11.0. The molecule has 0 unspecified atom stereocenters. The molecule has 0 fully saturated rings. The first-order valence-electron chi connectivity index (χ1n) is 4.42. The van der Waals surface area contributed by atoms with Gasteiger partial charge in [0.25, 0.3) is 0 Å². The third-order valence-corrected chi connectivity index (χ3v) is 2.34. The van der Waals surface area contributed by atoms with E-state index in [0.29, 0.717) is 5.56 Å². The first kappa shape index (κ1) is 8.75. The van der Waals surface area contributed by atoms with Crippen molar-refractivity contribution in [2.24, 2.45) is 0 Å². The van der Waals surface area contributed by atoms with Crippen LogP contribution < -0.4 is 0 Å². The van der Waals surface area contributed by atoms with Gasteiger partial charge in [-0.2, -0.15) is 0 Å². The zero-order chi connectivity index (χ0) is 10.1. The highest BCUT2D eigenvalue weighted by Crippen LogP contribution is 2.22. The first-order valence-corrected chi connectivity index (χ1v) is 4.42. The standard InChI is InChI=1S/C12H10O2/c1-8-4-2-5-9-6-3-7-10(11(8)9)12(13)14/h2-7H,1H3,(H,13,14). The predicted molar refractivity (Wildman–Crippen MR) is 55.6 cm³/mol. The summed E-state index contributed by atoms with van der Waals surface area (Å²) in [5, 5.41) is 10.8. The van der Waals surface area contributed by atoms with E-state index >= 15 is 0 Å². The zero-order valence-electron chi connectivity index (χ0n) is 7.82. The van der Waals surface area contributed by atoms with Crippen molar-refractivity contribution in [1.29, 1.82) is 0 Å². The highest BCUT2D eigenvalue weighted by molar-refractivity contribution is 6.04. The maximum Gasteiger partial charge on any atom is 0.336 e. The average molecular weight is 186 g/mol. The van der Waals surface area contributed by atoms with Crippen LogP contribution in [0.25, 0.3) is 10.8 Å². The van der Waals surface area contributed by atoms with Gasteiger partial charge in [0.2, 0.25) is 0 Å². The fourth-order valence-corrected chi connectivity index (χ4v) is 1.71. The third-order valence-electron chi connectivity index (χ3n) is 2.34. The largest absolute Gasteiger partial charge is 0.478 e. The van der Waals surface area contributed by atoms with Crippen LogP contribution in [0.3, 0.4) is 0 Å². The molecule has 0 saturated heterocycles. The van der Waals surface area contributed by atoms with Crippen molar-refractivity contribution < 1.29 is 9.90 Å². The molecule has 2 rings (SSSR count). The van der Waals surface area contributed by atoms with Gasteiger partial charge in [0.1, 0.15) is 0 Å². The molecule has 0 amide bonds. The van der Waals surface area contributed by atoms with Crippen molar-refractivity contribution in [2.45, 2.75) is 6.92 Å². The van der Waals surface area contributed by atoms with Gasteiger partial charge < -0.3 is 5.11 Å². The van der Waals surface area contributed by atoms with Crippen LogP contribution in [0.2, 0.25) is 0 Å². The molecule has 0 bridgehead atoms. The summed E-state index contributed by atoms with van der Waals surface area (Å²) < 4.78 is 0. The van der Waals surface area contributed by atoms with E-state index in [4.69, 9.17) is 5.11 Å². The van der Waals surface area contributed by atoms with Gasteiger partial charge in [0, 0.05) is 0 Å². The Kier molecular flexibility index (Phi) is 1.97. The van der Waals surface area contributed by atoms with Crippen molar-refractivity contribution in [3.05, 3.63) is 47.5 Å². The predicted octanol–water partition coefficient (Wildman–Crippen LogP) is 2.85. The highest BCUT2D eigenvalue weighted by atomic mass is 16.4. The fourth-order valence-electron chi connectivity index (χ4n) is 1.71. The summed E-state index contributed by atoms with van der Waals surface area (Å²) >= 11 is 0. The van der Waals surface area contributed by atoms with E-state index in [1.54, 1.807) is 12.1 Å². The Labute approximate surface area is 81.8 Å². The number of carbonyl (C=O) groups is 1. The van der Waals surface area contributed by atoms with Crippen LogP contribution in [0.5, 0.6) is 0 Å². The minimum absolute atomic E-state index is 0.376. The molecule has 0 aliphatic heterocycles. The summed E-state index contributed by atoms with van der Waals surface area (Å²) in [5.74, 6) is -0.870.